The molecule has 2 aliphatic heterocycles. The maximum atomic E-state index is 12.8. The van der Waals surface area contributed by atoms with Gasteiger partial charge in [-0.25, -0.2) is 0 Å². The van der Waals surface area contributed by atoms with Crippen LogP contribution in [-0.4, -0.2) is 36.5 Å². The number of hydrogen-bond acceptors (Lipinski definition) is 3. The normalized spacial score (nSPS) is 18.5. The lowest BCUT2D eigenvalue weighted by atomic mass is 10.0. The Labute approximate surface area is 160 Å². The summed E-state index contributed by atoms with van der Waals surface area (Å²) in [6, 6.07) is 13.3. The number of amides is 2. The first-order valence-corrected chi connectivity index (χ1v) is 9.55. The molecule has 1 saturated heterocycles. The van der Waals surface area contributed by atoms with E-state index in [1.807, 2.05) is 36.2 Å². The number of nitrogens with one attached hydrogen (secondary N) is 1. The van der Waals surface area contributed by atoms with Gasteiger partial charge in [-0.1, -0.05) is 26.0 Å². The highest BCUT2D eigenvalue weighted by Gasteiger charge is 2.38. The number of carbonyl (C=O) groups is 2. The lowest BCUT2D eigenvalue weighted by Gasteiger charge is -2.40. The predicted molar refractivity (Wildman–Crippen MR) is 107 cm³/mol. The quantitative estimate of drug-likeness (QED) is 0.894. The molecule has 140 valence electrons. The molecule has 0 spiro atoms. The molecule has 0 bridgehead atoms. The van der Waals surface area contributed by atoms with Crippen molar-refractivity contribution in [2.45, 2.75) is 38.8 Å². The van der Waals surface area contributed by atoms with Gasteiger partial charge in [-0.15, -0.1) is 0 Å². The van der Waals surface area contributed by atoms with Gasteiger partial charge in [-0.05, 0) is 54.7 Å². The monoisotopic (exact) mass is 363 g/mol. The van der Waals surface area contributed by atoms with Crippen LogP contribution in [0.3, 0.4) is 0 Å². The van der Waals surface area contributed by atoms with Crippen LogP contribution in [0, 0.1) is 0 Å². The van der Waals surface area contributed by atoms with Crippen molar-refractivity contribution in [3.63, 3.8) is 0 Å². The molecule has 4 rings (SSSR count). The summed E-state index contributed by atoms with van der Waals surface area (Å²) in [5.41, 5.74) is 4.05. The van der Waals surface area contributed by atoms with Gasteiger partial charge in [0.25, 0.3) is 11.8 Å². The molecule has 2 aromatic rings. The Balaban J connectivity index is 1.60. The molecule has 2 amide bonds. The number of hydrogen-bond donors (Lipinski definition) is 1. The van der Waals surface area contributed by atoms with E-state index >= 15 is 0 Å². The molecule has 2 aliphatic rings. The number of nitrogens with zero attached hydrogens (tertiary/aromatic N) is 2. The average molecular weight is 363 g/mol. The van der Waals surface area contributed by atoms with Crippen molar-refractivity contribution in [1.82, 2.24) is 4.90 Å². The first kappa shape index (κ1) is 17.6. The molecule has 2 heterocycles. The summed E-state index contributed by atoms with van der Waals surface area (Å²) in [6.45, 7) is 5.06. The highest BCUT2D eigenvalue weighted by molar-refractivity contribution is 6.08. The third-order valence-electron chi connectivity index (χ3n) is 5.61. The minimum Gasteiger partial charge on any atom is -0.354 e. The number of rotatable bonds is 3. The lowest BCUT2D eigenvalue weighted by molar-refractivity contribution is 0.0719. The Morgan fingerprint density at radius 1 is 1.19 bits per heavy atom. The third kappa shape index (κ3) is 3.07. The van der Waals surface area contributed by atoms with E-state index in [4.69, 9.17) is 0 Å². The highest BCUT2D eigenvalue weighted by atomic mass is 16.2. The first-order valence-electron chi connectivity index (χ1n) is 9.55. The van der Waals surface area contributed by atoms with E-state index < -0.39 is 0 Å². The minimum atomic E-state index is -0.159. The maximum Gasteiger partial charge on any atom is 0.257 e. The number of fused-ring (bicyclic) bond motifs is 2. The number of carbonyl (C=O) groups excluding carboxylic acids is 2. The van der Waals surface area contributed by atoms with E-state index in [1.54, 1.807) is 12.1 Å². The highest BCUT2D eigenvalue weighted by Crippen LogP contribution is 2.35. The average Bonchev–Trinajstić information content (AvgIpc) is 3.16. The molecular weight excluding hydrogens is 338 g/mol. The Bertz CT molecular complexity index is 906. The largest absolute Gasteiger partial charge is 0.354 e. The number of anilines is 2. The van der Waals surface area contributed by atoms with E-state index in [0.717, 1.165) is 30.8 Å². The van der Waals surface area contributed by atoms with Gasteiger partial charge in [-0.3, -0.25) is 9.59 Å². The summed E-state index contributed by atoms with van der Waals surface area (Å²) >= 11 is 0. The van der Waals surface area contributed by atoms with Crippen molar-refractivity contribution in [3.05, 3.63) is 59.2 Å². The molecule has 0 unspecified atom stereocenters. The summed E-state index contributed by atoms with van der Waals surface area (Å²) in [7, 11) is 2.00. The lowest BCUT2D eigenvalue weighted by Crippen LogP contribution is -2.50. The zero-order valence-corrected chi connectivity index (χ0v) is 16.0. The Morgan fingerprint density at radius 2 is 2.00 bits per heavy atom. The molecule has 0 aromatic heterocycles. The summed E-state index contributed by atoms with van der Waals surface area (Å²) in [6.07, 6.45) is 2.10. The fourth-order valence-corrected chi connectivity index (χ4v) is 4.03. The van der Waals surface area contributed by atoms with Crippen molar-refractivity contribution in [2.24, 2.45) is 0 Å². The van der Waals surface area contributed by atoms with Crippen molar-refractivity contribution in [2.75, 3.05) is 23.8 Å². The fourth-order valence-electron chi connectivity index (χ4n) is 4.03. The molecule has 27 heavy (non-hydrogen) atoms. The van der Waals surface area contributed by atoms with Crippen LogP contribution in [0.4, 0.5) is 11.4 Å². The zero-order chi connectivity index (χ0) is 19.1. The summed E-state index contributed by atoms with van der Waals surface area (Å²) in [5.74, 6) is 0.315. The molecule has 0 saturated carbocycles. The predicted octanol–water partition coefficient (Wildman–Crippen LogP) is 4.07. The minimum absolute atomic E-state index is 0.0715. The van der Waals surface area contributed by atoms with E-state index in [-0.39, 0.29) is 18.0 Å². The van der Waals surface area contributed by atoms with Crippen molar-refractivity contribution >= 4 is 23.2 Å². The van der Waals surface area contributed by atoms with Gasteiger partial charge in [0.15, 0.2) is 0 Å². The SMILES string of the molecule is CC(C)c1cccc(NC(=O)c2ccc3c(c2)N(C)[C@@H]2CCCN2C3=O)c1. The van der Waals surface area contributed by atoms with Gasteiger partial charge in [0.1, 0.15) is 6.17 Å². The molecular formula is C22H25N3O2. The molecule has 0 aliphatic carbocycles. The first-order chi connectivity index (χ1) is 13.0. The molecule has 5 heteroatoms. The Morgan fingerprint density at radius 3 is 2.78 bits per heavy atom. The molecule has 1 atom stereocenters. The standard InChI is InChI=1S/C22H25N3O2/c1-14(2)15-6-4-7-17(12-15)23-21(26)16-9-10-18-19(13-16)24(3)20-8-5-11-25(20)22(18)27/h4,6-7,9-10,12-14,20H,5,8,11H2,1-3H3,(H,23,26)/t20-/m0/s1. The van der Waals surface area contributed by atoms with Crippen molar-refractivity contribution in [3.8, 4) is 0 Å². The van der Waals surface area contributed by atoms with Crippen molar-refractivity contribution < 1.29 is 9.59 Å². The van der Waals surface area contributed by atoms with E-state index in [9.17, 15) is 9.59 Å². The van der Waals surface area contributed by atoms with E-state index in [0.29, 0.717) is 17.0 Å². The number of benzene rings is 2. The van der Waals surface area contributed by atoms with Crippen LogP contribution in [0.2, 0.25) is 0 Å². The summed E-state index contributed by atoms with van der Waals surface area (Å²) in [4.78, 5) is 29.5. The molecule has 5 nitrogen and oxygen atoms in total. The van der Waals surface area contributed by atoms with Crippen LogP contribution >= 0.6 is 0 Å². The molecule has 0 radical (unpaired) electrons. The van der Waals surface area contributed by atoms with Crippen molar-refractivity contribution in [1.29, 1.82) is 0 Å². The topological polar surface area (TPSA) is 52.7 Å². The zero-order valence-electron chi connectivity index (χ0n) is 16.0. The van der Waals surface area contributed by atoms with Crippen LogP contribution in [0.25, 0.3) is 0 Å². The van der Waals surface area contributed by atoms with Crippen LogP contribution in [0.15, 0.2) is 42.5 Å². The van der Waals surface area contributed by atoms with Gasteiger partial charge in [0.05, 0.1) is 11.3 Å². The summed E-state index contributed by atoms with van der Waals surface area (Å²) in [5, 5.41) is 2.98. The van der Waals surface area contributed by atoms with Crippen LogP contribution in [-0.2, 0) is 0 Å². The second-order valence-corrected chi connectivity index (χ2v) is 7.70. The maximum absolute atomic E-state index is 12.8. The molecule has 1 N–H and O–H groups in total. The van der Waals surface area contributed by atoms with Crippen LogP contribution in [0.1, 0.15) is 58.9 Å². The third-order valence-corrected chi connectivity index (χ3v) is 5.61. The van der Waals surface area contributed by atoms with Gasteiger partial charge in [0, 0.05) is 24.8 Å². The van der Waals surface area contributed by atoms with Crippen LogP contribution in [0.5, 0.6) is 0 Å². The fraction of sp³-hybridized carbons (Fsp3) is 0.364. The smallest absolute Gasteiger partial charge is 0.257 e. The second-order valence-electron chi connectivity index (χ2n) is 7.70. The van der Waals surface area contributed by atoms with E-state index in [2.05, 4.69) is 30.1 Å². The van der Waals surface area contributed by atoms with Gasteiger partial charge in [-0.2, -0.15) is 0 Å². The van der Waals surface area contributed by atoms with Crippen LogP contribution < -0.4 is 10.2 Å². The van der Waals surface area contributed by atoms with Gasteiger partial charge >= 0.3 is 0 Å². The summed E-state index contributed by atoms with van der Waals surface area (Å²) < 4.78 is 0. The Kier molecular flexibility index (Phi) is 4.38. The van der Waals surface area contributed by atoms with E-state index in [1.165, 1.54) is 5.56 Å². The van der Waals surface area contributed by atoms with Gasteiger partial charge < -0.3 is 15.1 Å². The Hall–Kier alpha value is -2.82. The molecule has 2 aromatic carbocycles. The molecule has 1 fully saturated rings. The van der Waals surface area contributed by atoms with Gasteiger partial charge in [0.2, 0.25) is 0 Å². The second kappa shape index (κ2) is 6.72.